The number of likely N-dealkylation sites (tertiary alicyclic amines) is 1. The van der Waals surface area contributed by atoms with Gasteiger partial charge in [-0.3, -0.25) is 14.3 Å². The predicted octanol–water partition coefficient (Wildman–Crippen LogP) is 2.98. The van der Waals surface area contributed by atoms with Crippen LogP contribution in [0, 0.1) is 17.1 Å². The second-order valence-corrected chi connectivity index (χ2v) is 11.0. The van der Waals surface area contributed by atoms with Crippen LogP contribution in [-0.2, 0) is 15.0 Å². The van der Waals surface area contributed by atoms with E-state index in [-0.39, 0.29) is 29.1 Å². The molecule has 2 fully saturated rings. The summed E-state index contributed by atoms with van der Waals surface area (Å²) in [6.07, 6.45) is 1.91. The molecule has 0 saturated carbocycles. The molecule has 3 N–H and O–H groups in total. The lowest BCUT2D eigenvalue weighted by molar-refractivity contribution is 0.0105. The van der Waals surface area contributed by atoms with E-state index in [9.17, 15) is 24.0 Å². The molecule has 2 aliphatic rings. The Hall–Kier alpha value is -4.18. The Labute approximate surface area is 231 Å². The average molecular weight is 556 g/mol. The average Bonchev–Trinajstić information content (AvgIpc) is 3.33. The zero-order valence-electron chi connectivity index (χ0n) is 22.9. The monoisotopic (exact) mass is 555 g/mol. The van der Waals surface area contributed by atoms with E-state index in [0.29, 0.717) is 52.2 Å². The van der Waals surface area contributed by atoms with Crippen LogP contribution in [-0.4, -0.2) is 82.5 Å². The number of amides is 3. The van der Waals surface area contributed by atoms with E-state index in [1.54, 1.807) is 25.7 Å². The van der Waals surface area contributed by atoms with Crippen molar-refractivity contribution in [2.45, 2.75) is 51.2 Å². The van der Waals surface area contributed by atoms with Gasteiger partial charge in [0.2, 0.25) is 0 Å². The molecule has 0 bridgehead atoms. The van der Waals surface area contributed by atoms with Gasteiger partial charge in [-0.25, -0.2) is 9.18 Å². The number of nitriles is 1. The van der Waals surface area contributed by atoms with Crippen molar-refractivity contribution in [3.63, 3.8) is 0 Å². The van der Waals surface area contributed by atoms with Crippen molar-refractivity contribution in [3.05, 3.63) is 41.3 Å². The number of aromatic nitrogens is 2. The van der Waals surface area contributed by atoms with Crippen molar-refractivity contribution in [1.82, 2.24) is 19.6 Å². The Kier molecular flexibility index (Phi) is 8.29. The van der Waals surface area contributed by atoms with Crippen molar-refractivity contribution >= 4 is 29.4 Å². The summed E-state index contributed by atoms with van der Waals surface area (Å²) in [7, 11) is 0. The van der Waals surface area contributed by atoms with Crippen LogP contribution in [0.4, 0.5) is 20.7 Å². The molecule has 40 heavy (non-hydrogen) atoms. The van der Waals surface area contributed by atoms with Crippen molar-refractivity contribution in [2.24, 2.45) is 5.73 Å². The first-order valence-corrected chi connectivity index (χ1v) is 13.1. The standard InChI is InChI=1S/C27H34FN7O5/c1-26(2,3)40-25(38)34-10-7-27(6-9-29,8-11-34)35-17-20(22(30)36)23(32-35)31-18-4-5-19(21(28)16-18)24(37)33-12-14-39-15-13-33/h4-5,16-17H,6-8,10-15H2,1-3H3,(H2,30,36)(H,31,32). The minimum absolute atomic E-state index is 0.0563. The summed E-state index contributed by atoms with van der Waals surface area (Å²) in [4.78, 5) is 40.7. The van der Waals surface area contributed by atoms with E-state index in [2.05, 4.69) is 16.5 Å². The molecular weight excluding hydrogens is 521 g/mol. The van der Waals surface area contributed by atoms with Crippen molar-refractivity contribution in [1.29, 1.82) is 5.26 Å². The first-order chi connectivity index (χ1) is 18.9. The number of rotatable bonds is 6. The van der Waals surface area contributed by atoms with Crippen LogP contribution < -0.4 is 11.1 Å². The molecule has 2 aliphatic heterocycles. The Morgan fingerprint density at radius 1 is 1.15 bits per heavy atom. The van der Waals surface area contributed by atoms with E-state index in [1.807, 2.05) is 0 Å². The Balaban J connectivity index is 1.54. The number of carbonyl (C=O) groups is 3. The van der Waals surface area contributed by atoms with Gasteiger partial charge >= 0.3 is 6.09 Å². The van der Waals surface area contributed by atoms with Gasteiger partial charge in [0.25, 0.3) is 11.8 Å². The van der Waals surface area contributed by atoms with E-state index in [0.717, 1.165) is 6.07 Å². The number of anilines is 2. The number of nitrogens with zero attached hydrogens (tertiary/aromatic N) is 5. The summed E-state index contributed by atoms with van der Waals surface area (Å²) >= 11 is 0. The van der Waals surface area contributed by atoms with Crippen LogP contribution in [0.5, 0.6) is 0 Å². The van der Waals surface area contributed by atoms with Gasteiger partial charge in [0, 0.05) is 38.1 Å². The van der Waals surface area contributed by atoms with Crippen LogP contribution in [0.2, 0.25) is 0 Å². The fourth-order valence-electron chi connectivity index (χ4n) is 4.80. The van der Waals surface area contributed by atoms with Gasteiger partial charge < -0.3 is 30.3 Å². The molecular formula is C27H34FN7O5. The summed E-state index contributed by atoms with van der Waals surface area (Å²) in [5.41, 5.74) is 4.44. The second kappa shape index (κ2) is 11.5. The molecule has 1 aromatic carbocycles. The fraction of sp³-hybridized carbons (Fsp3) is 0.519. The molecule has 0 aliphatic carbocycles. The molecule has 4 rings (SSSR count). The Morgan fingerprint density at radius 2 is 1.82 bits per heavy atom. The third kappa shape index (κ3) is 6.34. The van der Waals surface area contributed by atoms with Crippen LogP contribution >= 0.6 is 0 Å². The normalized spacial score (nSPS) is 17.2. The van der Waals surface area contributed by atoms with E-state index in [1.165, 1.54) is 27.9 Å². The highest BCUT2D eigenvalue weighted by Crippen LogP contribution is 2.35. The number of morpholine rings is 1. The maximum absolute atomic E-state index is 15.0. The molecule has 0 atom stereocenters. The molecule has 2 aromatic rings. The number of nitrogens with two attached hydrogens (primary N) is 1. The number of halogens is 1. The van der Waals surface area contributed by atoms with Gasteiger partial charge in [-0.2, -0.15) is 10.4 Å². The third-order valence-electron chi connectivity index (χ3n) is 6.98. The van der Waals surface area contributed by atoms with Gasteiger partial charge in [-0.15, -0.1) is 0 Å². The SMILES string of the molecule is CC(C)(C)OC(=O)N1CCC(CC#N)(n2cc(C(N)=O)c(Nc3ccc(C(=O)N4CCOCC4)c(F)c3)n2)CC1. The zero-order valence-corrected chi connectivity index (χ0v) is 22.9. The summed E-state index contributed by atoms with van der Waals surface area (Å²) in [5, 5.41) is 17.1. The highest BCUT2D eigenvalue weighted by molar-refractivity contribution is 5.98. The highest BCUT2D eigenvalue weighted by atomic mass is 19.1. The molecule has 0 unspecified atom stereocenters. The maximum atomic E-state index is 15.0. The number of benzene rings is 1. The number of nitrogens with one attached hydrogen (secondary N) is 1. The number of carbonyl (C=O) groups excluding carboxylic acids is 3. The Morgan fingerprint density at radius 3 is 2.40 bits per heavy atom. The quantitative estimate of drug-likeness (QED) is 0.551. The predicted molar refractivity (Wildman–Crippen MR) is 142 cm³/mol. The van der Waals surface area contributed by atoms with Gasteiger partial charge in [0.1, 0.15) is 17.0 Å². The topological polar surface area (TPSA) is 156 Å². The van der Waals surface area contributed by atoms with Gasteiger partial charge in [-0.1, -0.05) is 0 Å². The van der Waals surface area contributed by atoms with Crippen molar-refractivity contribution in [3.8, 4) is 6.07 Å². The van der Waals surface area contributed by atoms with E-state index >= 15 is 0 Å². The largest absolute Gasteiger partial charge is 0.444 e. The first kappa shape index (κ1) is 28.8. The van der Waals surface area contributed by atoms with Gasteiger partial charge in [-0.05, 0) is 51.8 Å². The van der Waals surface area contributed by atoms with Crippen molar-refractivity contribution in [2.75, 3.05) is 44.7 Å². The molecule has 0 radical (unpaired) electrons. The fourth-order valence-corrected chi connectivity index (χ4v) is 4.80. The summed E-state index contributed by atoms with van der Waals surface area (Å²) in [6.45, 7) is 7.61. The minimum atomic E-state index is -0.795. The van der Waals surface area contributed by atoms with Crippen LogP contribution in [0.3, 0.4) is 0 Å². The second-order valence-electron chi connectivity index (χ2n) is 11.0. The molecule has 3 heterocycles. The third-order valence-corrected chi connectivity index (χ3v) is 6.98. The maximum Gasteiger partial charge on any atom is 0.410 e. The van der Waals surface area contributed by atoms with Crippen LogP contribution in [0.1, 0.15) is 60.7 Å². The minimum Gasteiger partial charge on any atom is -0.444 e. The van der Waals surface area contributed by atoms with Gasteiger partial charge in [0.15, 0.2) is 5.82 Å². The molecule has 214 valence electrons. The number of hydrogen-bond donors (Lipinski definition) is 2. The van der Waals surface area contributed by atoms with Gasteiger partial charge in [0.05, 0.1) is 36.8 Å². The summed E-state index contributed by atoms with van der Waals surface area (Å²) in [5.74, 6) is -1.82. The summed E-state index contributed by atoms with van der Waals surface area (Å²) < 4.78 is 27.2. The molecule has 0 spiro atoms. The number of piperidine rings is 1. The molecule has 2 saturated heterocycles. The Bertz CT molecular complexity index is 1320. The van der Waals surface area contributed by atoms with Crippen LogP contribution in [0.25, 0.3) is 0 Å². The van der Waals surface area contributed by atoms with Crippen LogP contribution in [0.15, 0.2) is 24.4 Å². The number of hydrogen-bond acceptors (Lipinski definition) is 8. The number of ether oxygens (including phenoxy) is 2. The smallest absolute Gasteiger partial charge is 0.410 e. The first-order valence-electron chi connectivity index (χ1n) is 13.1. The lowest BCUT2D eigenvalue weighted by Gasteiger charge is -2.40. The lowest BCUT2D eigenvalue weighted by Crippen LogP contribution is -2.49. The van der Waals surface area contributed by atoms with Crippen molar-refractivity contribution < 1.29 is 28.2 Å². The molecule has 3 amide bonds. The van der Waals surface area contributed by atoms with E-state index < -0.39 is 34.9 Å². The summed E-state index contributed by atoms with van der Waals surface area (Å²) in [6, 6.07) is 6.24. The molecule has 1 aromatic heterocycles. The van der Waals surface area contributed by atoms with E-state index in [4.69, 9.17) is 15.2 Å². The lowest BCUT2D eigenvalue weighted by atomic mass is 9.85. The molecule has 13 heteroatoms. The number of primary amides is 1. The highest BCUT2D eigenvalue weighted by Gasteiger charge is 2.40. The molecule has 12 nitrogen and oxygen atoms in total. The zero-order chi connectivity index (χ0) is 29.1.